The third-order valence-corrected chi connectivity index (χ3v) is 2.31. The van der Waals surface area contributed by atoms with E-state index >= 15 is 0 Å². The Morgan fingerprint density at radius 2 is 1.56 bits per heavy atom. The molecule has 0 amide bonds. The Kier molecular flexibility index (Phi) is 4.28. The maximum absolute atomic E-state index is 13.1. The summed E-state index contributed by atoms with van der Waals surface area (Å²) in [6.45, 7) is 0. The summed E-state index contributed by atoms with van der Waals surface area (Å²) < 4.78 is 72.4. The van der Waals surface area contributed by atoms with Gasteiger partial charge in [-0.2, -0.15) is 22.0 Å². The maximum atomic E-state index is 13.1. The van der Waals surface area contributed by atoms with E-state index in [9.17, 15) is 22.0 Å². The number of halogens is 5. The van der Waals surface area contributed by atoms with Gasteiger partial charge in [0.2, 0.25) is 0 Å². The summed E-state index contributed by atoms with van der Waals surface area (Å²) in [5.41, 5.74) is -1.06. The molecule has 1 aromatic rings. The zero-order chi connectivity index (χ0) is 14.0. The molecule has 0 atom stereocenters. The second-order valence-corrected chi connectivity index (χ2v) is 3.50. The second kappa shape index (κ2) is 5.19. The fraction of sp³-hybridized carbons (Fsp3) is 0.455. The van der Waals surface area contributed by atoms with Gasteiger partial charge in [0.1, 0.15) is 0 Å². The molecule has 0 aliphatic rings. The summed E-state index contributed by atoms with van der Waals surface area (Å²) in [6, 6.07) is 3.85. The van der Waals surface area contributed by atoms with Gasteiger partial charge in [0.25, 0.3) is 0 Å². The second-order valence-electron chi connectivity index (χ2n) is 3.50. The molecule has 7 heteroatoms. The monoisotopic (exact) mass is 270 g/mol. The van der Waals surface area contributed by atoms with Crippen LogP contribution in [0.5, 0.6) is 0 Å². The smallest absolute Gasteiger partial charge is 0.352 e. The van der Waals surface area contributed by atoms with Crippen LogP contribution in [-0.4, -0.2) is 20.4 Å². The van der Waals surface area contributed by atoms with Gasteiger partial charge in [-0.3, -0.25) is 0 Å². The minimum Gasteiger partial charge on any atom is -0.352 e. The van der Waals surface area contributed by atoms with E-state index in [0.717, 1.165) is 6.07 Å². The molecule has 0 heterocycles. The van der Waals surface area contributed by atoms with Gasteiger partial charge in [-0.1, -0.05) is 18.2 Å². The Hall–Kier alpha value is -1.21. The van der Waals surface area contributed by atoms with Crippen LogP contribution in [0.4, 0.5) is 22.0 Å². The van der Waals surface area contributed by atoms with Crippen molar-refractivity contribution in [3.8, 4) is 0 Å². The zero-order valence-corrected chi connectivity index (χ0v) is 9.59. The average Bonchev–Trinajstić information content (AvgIpc) is 2.29. The van der Waals surface area contributed by atoms with Gasteiger partial charge in [0.15, 0.2) is 6.29 Å². The van der Waals surface area contributed by atoms with Crippen LogP contribution in [-0.2, 0) is 15.4 Å². The molecule has 0 bridgehead atoms. The molecule has 0 spiro atoms. The predicted molar refractivity (Wildman–Crippen MR) is 53.2 cm³/mol. The lowest BCUT2D eigenvalue weighted by atomic mass is 10.0. The molecule has 1 rings (SSSR count). The molecule has 0 saturated carbocycles. The Balaban J connectivity index is 3.17. The van der Waals surface area contributed by atoms with Crippen LogP contribution in [0.1, 0.15) is 17.4 Å². The number of rotatable bonds is 4. The van der Waals surface area contributed by atoms with Crippen LogP contribution in [0, 0.1) is 0 Å². The van der Waals surface area contributed by atoms with Crippen molar-refractivity contribution in [3.05, 3.63) is 35.4 Å². The molecule has 0 radical (unpaired) electrons. The molecular weight excluding hydrogens is 259 g/mol. The van der Waals surface area contributed by atoms with E-state index in [0.29, 0.717) is 12.1 Å². The number of benzene rings is 1. The highest BCUT2D eigenvalue weighted by molar-refractivity contribution is 5.28. The van der Waals surface area contributed by atoms with E-state index in [-0.39, 0.29) is 5.56 Å². The summed E-state index contributed by atoms with van der Waals surface area (Å²) in [7, 11) is 2.51. The SMILES string of the molecule is COC(OC)c1cccc(C(F)(F)C(F)(F)F)c1. The van der Waals surface area contributed by atoms with E-state index in [2.05, 4.69) is 0 Å². The summed E-state index contributed by atoms with van der Waals surface area (Å²) in [4.78, 5) is 0. The third kappa shape index (κ3) is 2.78. The molecular formula is C11H11F5O2. The molecule has 0 fully saturated rings. The van der Waals surface area contributed by atoms with Gasteiger partial charge in [0, 0.05) is 25.3 Å². The van der Waals surface area contributed by atoms with Crippen molar-refractivity contribution in [2.45, 2.75) is 18.4 Å². The molecule has 0 aliphatic carbocycles. The van der Waals surface area contributed by atoms with Crippen LogP contribution >= 0.6 is 0 Å². The summed E-state index contributed by atoms with van der Waals surface area (Å²) in [5.74, 6) is -4.91. The minimum atomic E-state index is -5.64. The van der Waals surface area contributed by atoms with Crippen molar-refractivity contribution in [1.29, 1.82) is 0 Å². The van der Waals surface area contributed by atoms with E-state index in [1.165, 1.54) is 20.3 Å². The molecule has 0 N–H and O–H groups in total. The van der Waals surface area contributed by atoms with Crippen molar-refractivity contribution in [1.82, 2.24) is 0 Å². The predicted octanol–water partition coefficient (Wildman–Crippen LogP) is 3.63. The summed E-state index contributed by atoms with van der Waals surface area (Å²) in [6.07, 6.45) is -6.63. The maximum Gasteiger partial charge on any atom is 0.458 e. The van der Waals surface area contributed by atoms with Gasteiger partial charge < -0.3 is 9.47 Å². The molecule has 18 heavy (non-hydrogen) atoms. The first-order chi connectivity index (χ1) is 8.24. The fourth-order valence-corrected chi connectivity index (χ4v) is 1.41. The van der Waals surface area contributed by atoms with E-state index in [1.807, 2.05) is 0 Å². The largest absolute Gasteiger partial charge is 0.458 e. The zero-order valence-electron chi connectivity index (χ0n) is 9.59. The molecule has 0 aliphatic heterocycles. The molecule has 102 valence electrons. The van der Waals surface area contributed by atoms with Gasteiger partial charge in [-0.25, -0.2) is 0 Å². The fourth-order valence-electron chi connectivity index (χ4n) is 1.41. The Morgan fingerprint density at radius 3 is 2.00 bits per heavy atom. The van der Waals surface area contributed by atoms with E-state index in [4.69, 9.17) is 9.47 Å². The molecule has 0 saturated heterocycles. The van der Waals surface area contributed by atoms with E-state index < -0.39 is 24.0 Å². The first kappa shape index (κ1) is 14.8. The van der Waals surface area contributed by atoms with Crippen LogP contribution in [0.2, 0.25) is 0 Å². The van der Waals surface area contributed by atoms with Crippen molar-refractivity contribution < 1.29 is 31.4 Å². The van der Waals surface area contributed by atoms with Crippen LogP contribution in [0.3, 0.4) is 0 Å². The van der Waals surface area contributed by atoms with E-state index in [1.54, 1.807) is 0 Å². The van der Waals surface area contributed by atoms with Crippen molar-refractivity contribution in [2.24, 2.45) is 0 Å². The van der Waals surface area contributed by atoms with Crippen molar-refractivity contribution in [2.75, 3.05) is 14.2 Å². The van der Waals surface area contributed by atoms with Gasteiger partial charge in [-0.15, -0.1) is 0 Å². The topological polar surface area (TPSA) is 18.5 Å². The van der Waals surface area contributed by atoms with Gasteiger partial charge in [-0.05, 0) is 6.07 Å². The number of methoxy groups -OCH3 is 2. The van der Waals surface area contributed by atoms with Crippen LogP contribution in [0.25, 0.3) is 0 Å². The number of ether oxygens (including phenoxy) is 2. The van der Waals surface area contributed by atoms with Crippen molar-refractivity contribution in [3.63, 3.8) is 0 Å². The first-order valence-corrected chi connectivity index (χ1v) is 4.84. The standard InChI is InChI=1S/C11H11F5O2/c1-17-9(18-2)7-4-3-5-8(6-7)10(12,13)11(14,15)16/h3-6,9H,1-2H3. The summed E-state index contributed by atoms with van der Waals surface area (Å²) >= 11 is 0. The normalized spacial score (nSPS) is 13.1. The van der Waals surface area contributed by atoms with Crippen LogP contribution in [0.15, 0.2) is 24.3 Å². The number of alkyl halides is 5. The molecule has 0 aromatic heterocycles. The highest BCUT2D eigenvalue weighted by Gasteiger charge is 2.58. The van der Waals surface area contributed by atoms with Crippen LogP contribution < -0.4 is 0 Å². The third-order valence-electron chi connectivity index (χ3n) is 2.31. The number of hydrogen-bond acceptors (Lipinski definition) is 2. The lowest BCUT2D eigenvalue weighted by Gasteiger charge is -2.21. The Bertz CT molecular complexity index is 399. The van der Waals surface area contributed by atoms with Crippen molar-refractivity contribution >= 4 is 0 Å². The highest BCUT2D eigenvalue weighted by atomic mass is 19.4. The molecule has 0 unspecified atom stereocenters. The minimum absolute atomic E-state index is 0.0847. The lowest BCUT2D eigenvalue weighted by molar-refractivity contribution is -0.289. The average molecular weight is 270 g/mol. The summed E-state index contributed by atoms with van der Waals surface area (Å²) in [5, 5.41) is 0. The molecule has 1 aromatic carbocycles. The Morgan fingerprint density at radius 1 is 1.00 bits per heavy atom. The van der Waals surface area contributed by atoms with Gasteiger partial charge in [0.05, 0.1) is 0 Å². The highest BCUT2D eigenvalue weighted by Crippen LogP contribution is 2.44. The molecule has 2 nitrogen and oxygen atoms in total. The quantitative estimate of drug-likeness (QED) is 0.614. The number of hydrogen-bond donors (Lipinski definition) is 0. The lowest BCUT2D eigenvalue weighted by Crippen LogP contribution is -2.33. The first-order valence-electron chi connectivity index (χ1n) is 4.84. The Labute approximate surface area is 100 Å². The van der Waals surface area contributed by atoms with Gasteiger partial charge >= 0.3 is 12.1 Å².